The van der Waals surface area contributed by atoms with E-state index in [1.165, 1.54) is 11.3 Å². The van der Waals surface area contributed by atoms with Gasteiger partial charge in [0.25, 0.3) is 0 Å². The van der Waals surface area contributed by atoms with Gasteiger partial charge in [-0.1, -0.05) is 36.4 Å². The summed E-state index contributed by atoms with van der Waals surface area (Å²) in [5, 5.41) is 3.10. The summed E-state index contributed by atoms with van der Waals surface area (Å²) < 4.78 is 0. The molecule has 1 N–H and O–H groups in total. The third-order valence-corrected chi connectivity index (χ3v) is 6.70. The van der Waals surface area contributed by atoms with Gasteiger partial charge in [0, 0.05) is 57.2 Å². The third kappa shape index (κ3) is 3.09. The lowest BCUT2D eigenvalue weighted by Crippen LogP contribution is -2.48. The molecule has 1 spiro atoms. The number of likely N-dealkylation sites (tertiary alicyclic amines) is 1. The molecule has 3 aliphatic heterocycles. The van der Waals surface area contributed by atoms with Crippen molar-refractivity contribution in [1.29, 1.82) is 0 Å². The minimum Gasteiger partial charge on any atom is -0.369 e. The van der Waals surface area contributed by atoms with Crippen molar-refractivity contribution in [3.63, 3.8) is 0 Å². The quantitative estimate of drug-likeness (QED) is 0.890. The monoisotopic (exact) mass is 376 g/mol. The summed E-state index contributed by atoms with van der Waals surface area (Å²) in [6.45, 7) is 8.37. The number of hydrogen-bond donors (Lipinski definition) is 1. The van der Waals surface area contributed by atoms with Crippen LogP contribution < -0.4 is 10.2 Å². The summed E-state index contributed by atoms with van der Waals surface area (Å²) in [6, 6.07) is 18.9. The van der Waals surface area contributed by atoms with Gasteiger partial charge in [-0.05, 0) is 36.7 Å². The lowest BCUT2D eigenvalue weighted by Gasteiger charge is -2.36. The Morgan fingerprint density at radius 1 is 0.821 bits per heavy atom. The number of piperazine rings is 1. The van der Waals surface area contributed by atoms with Crippen molar-refractivity contribution in [2.24, 2.45) is 0 Å². The van der Waals surface area contributed by atoms with Crippen molar-refractivity contribution in [3.05, 3.63) is 60.2 Å². The SMILES string of the molecule is O=C1Nc2ccccc2C12CCN(CCN1CCN(c3ccccc3)CC1)C2. The van der Waals surface area contributed by atoms with Crippen LogP contribution in [-0.2, 0) is 10.2 Å². The Bertz CT molecular complexity index is 847. The van der Waals surface area contributed by atoms with Gasteiger partial charge < -0.3 is 15.1 Å². The van der Waals surface area contributed by atoms with E-state index < -0.39 is 0 Å². The van der Waals surface area contributed by atoms with Gasteiger partial charge in [-0.2, -0.15) is 0 Å². The molecule has 2 saturated heterocycles. The molecular formula is C23H28N4O. The van der Waals surface area contributed by atoms with E-state index in [4.69, 9.17) is 0 Å². The summed E-state index contributed by atoms with van der Waals surface area (Å²) in [7, 11) is 0. The first-order valence-corrected chi connectivity index (χ1v) is 10.4. The fraction of sp³-hybridized carbons (Fsp3) is 0.435. The maximum Gasteiger partial charge on any atom is 0.236 e. The highest BCUT2D eigenvalue weighted by atomic mass is 16.2. The summed E-state index contributed by atoms with van der Waals surface area (Å²) >= 11 is 0. The molecule has 2 fully saturated rings. The van der Waals surface area contributed by atoms with E-state index in [0.29, 0.717) is 0 Å². The number of carbonyl (C=O) groups is 1. The highest BCUT2D eigenvalue weighted by Crippen LogP contribution is 2.43. The molecular weight excluding hydrogens is 348 g/mol. The number of anilines is 2. The van der Waals surface area contributed by atoms with Crippen LogP contribution >= 0.6 is 0 Å². The van der Waals surface area contributed by atoms with E-state index in [2.05, 4.69) is 62.5 Å². The van der Waals surface area contributed by atoms with Crippen LogP contribution in [0.5, 0.6) is 0 Å². The first-order chi connectivity index (χ1) is 13.7. The van der Waals surface area contributed by atoms with E-state index in [9.17, 15) is 4.79 Å². The van der Waals surface area contributed by atoms with Crippen LogP contribution in [-0.4, -0.2) is 68.1 Å². The smallest absolute Gasteiger partial charge is 0.236 e. The Kier molecular flexibility index (Phi) is 4.57. The number of para-hydroxylation sites is 2. The van der Waals surface area contributed by atoms with Crippen LogP contribution in [0.2, 0.25) is 0 Å². The largest absolute Gasteiger partial charge is 0.369 e. The second-order valence-corrected chi connectivity index (χ2v) is 8.27. The molecule has 0 aromatic heterocycles. The van der Waals surface area contributed by atoms with Crippen LogP contribution in [0.15, 0.2) is 54.6 Å². The average molecular weight is 377 g/mol. The molecule has 0 aliphatic carbocycles. The lowest BCUT2D eigenvalue weighted by molar-refractivity contribution is -0.120. The van der Waals surface area contributed by atoms with Crippen LogP contribution in [0.25, 0.3) is 0 Å². The van der Waals surface area contributed by atoms with Gasteiger partial charge in [0.15, 0.2) is 0 Å². The van der Waals surface area contributed by atoms with Crippen molar-refractivity contribution in [2.75, 3.05) is 62.6 Å². The first-order valence-electron chi connectivity index (χ1n) is 10.4. The van der Waals surface area contributed by atoms with E-state index in [-0.39, 0.29) is 11.3 Å². The number of nitrogens with one attached hydrogen (secondary N) is 1. The highest BCUT2D eigenvalue weighted by Gasteiger charge is 2.50. The van der Waals surface area contributed by atoms with Crippen LogP contribution in [0.4, 0.5) is 11.4 Å². The molecule has 2 aromatic rings. The van der Waals surface area contributed by atoms with Gasteiger partial charge in [-0.3, -0.25) is 9.69 Å². The van der Waals surface area contributed by atoms with Gasteiger partial charge in [0.1, 0.15) is 0 Å². The standard InChI is InChI=1S/C23H28N4O/c28-22-23(20-8-4-5-9-21(20)24-22)10-11-26(18-23)13-12-25-14-16-27(17-15-25)19-6-2-1-3-7-19/h1-9H,10-18H2,(H,24,28). The topological polar surface area (TPSA) is 38.8 Å². The summed E-state index contributed by atoms with van der Waals surface area (Å²) in [5.74, 6) is 0.188. The molecule has 1 unspecified atom stereocenters. The maximum absolute atomic E-state index is 12.7. The Balaban J connectivity index is 1.15. The zero-order valence-electron chi connectivity index (χ0n) is 16.3. The van der Waals surface area contributed by atoms with Gasteiger partial charge >= 0.3 is 0 Å². The highest BCUT2D eigenvalue weighted by molar-refractivity contribution is 6.06. The average Bonchev–Trinajstić information content (AvgIpc) is 3.30. The van der Waals surface area contributed by atoms with Crippen molar-refractivity contribution in [3.8, 4) is 0 Å². The molecule has 1 atom stereocenters. The molecule has 2 aromatic carbocycles. The second kappa shape index (κ2) is 7.22. The number of hydrogen-bond acceptors (Lipinski definition) is 4. The molecule has 0 saturated carbocycles. The minimum absolute atomic E-state index is 0.188. The molecule has 5 rings (SSSR count). The maximum atomic E-state index is 12.7. The molecule has 0 bridgehead atoms. The third-order valence-electron chi connectivity index (χ3n) is 6.70. The lowest BCUT2D eigenvalue weighted by atomic mass is 9.81. The van der Waals surface area contributed by atoms with Gasteiger partial charge in [0.2, 0.25) is 5.91 Å². The molecule has 3 aliphatic rings. The number of fused-ring (bicyclic) bond motifs is 2. The summed E-state index contributed by atoms with van der Waals surface area (Å²) in [4.78, 5) is 20.2. The van der Waals surface area contributed by atoms with E-state index in [1.54, 1.807) is 0 Å². The van der Waals surface area contributed by atoms with Gasteiger partial charge in [-0.25, -0.2) is 0 Å². The van der Waals surface area contributed by atoms with Crippen LogP contribution in [0, 0.1) is 0 Å². The molecule has 3 heterocycles. The fourth-order valence-electron chi connectivity index (χ4n) is 5.01. The predicted molar refractivity (Wildman–Crippen MR) is 113 cm³/mol. The van der Waals surface area contributed by atoms with Crippen LogP contribution in [0.3, 0.4) is 0 Å². The molecule has 1 amide bonds. The van der Waals surface area contributed by atoms with Crippen molar-refractivity contribution in [1.82, 2.24) is 9.80 Å². The molecule has 146 valence electrons. The minimum atomic E-state index is -0.331. The molecule has 28 heavy (non-hydrogen) atoms. The number of amides is 1. The molecule has 5 nitrogen and oxygen atoms in total. The fourth-order valence-corrected chi connectivity index (χ4v) is 5.01. The number of nitrogens with zero attached hydrogens (tertiary/aromatic N) is 3. The van der Waals surface area contributed by atoms with Crippen LogP contribution in [0.1, 0.15) is 12.0 Å². The zero-order valence-corrected chi connectivity index (χ0v) is 16.3. The van der Waals surface area contributed by atoms with E-state index >= 15 is 0 Å². The zero-order chi connectivity index (χ0) is 19.0. The Hall–Kier alpha value is -2.37. The van der Waals surface area contributed by atoms with E-state index in [0.717, 1.165) is 64.5 Å². The Labute approximate surface area is 166 Å². The van der Waals surface area contributed by atoms with Crippen molar-refractivity contribution >= 4 is 17.3 Å². The first kappa shape index (κ1) is 17.7. The number of carbonyl (C=O) groups excluding carboxylic acids is 1. The van der Waals surface area contributed by atoms with Gasteiger partial charge in [0.05, 0.1) is 5.41 Å². The van der Waals surface area contributed by atoms with Crippen molar-refractivity contribution in [2.45, 2.75) is 11.8 Å². The molecule has 0 radical (unpaired) electrons. The Morgan fingerprint density at radius 3 is 2.36 bits per heavy atom. The number of benzene rings is 2. The summed E-state index contributed by atoms with van der Waals surface area (Å²) in [6.07, 6.45) is 0.928. The van der Waals surface area contributed by atoms with E-state index in [1.807, 2.05) is 12.1 Å². The second-order valence-electron chi connectivity index (χ2n) is 8.27. The predicted octanol–water partition coefficient (Wildman–Crippen LogP) is 2.40. The summed E-state index contributed by atoms with van der Waals surface area (Å²) in [5.41, 5.74) is 3.20. The van der Waals surface area contributed by atoms with Gasteiger partial charge in [-0.15, -0.1) is 0 Å². The Morgan fingerprint density at radius 2 is 1.54 bits per heavy atom. The molecule has 5 heteroatoms. The normalized spacial score (nSPS) is 25.3. The number of rotatable bonds is 4. The van der Waals surface area contributed by atoms with Crippen molar-refractivity contribution < 1.29 is 4.79 Å².